The molecule has 1 aliphatic heterocycles. The lowest BCUT2D eigenvalue weighted by Gasteiger charge is -2.31. The van der Waals surface area contributed by atoms with Crippen molar-refractivity contribution in [2.24, 2.45) is 17.6 Å². The van der Waals surface area contributed by atoms with Crippen LogP contribution in [0.5, 0.6) is 0 Å². The van der Waals surface area contributed by atoms with Crippen molar-refractivity contribution in [2.45, 2.75) is 97.9 Å². The molecule has 1 rings (SSSR count). The zero-order valence-corrected chi connectivity index (χ0v) is 22.1. The molecule has 1 fully saturated rings. The Balaban J connectivity index is 2.98. The molecule has 0 aromatic heterocycles. The summed E-state index contributed by atoms with van der Waals surface area (Å²) in [6.45, 7) is 12.9. The molecule has 0 radical (unpaired) electrons. The molecule has 200 valence electrons. The monoisotopic (exact) mass is 497 g/mol. The van der Waals surface area contributed by atoms with Crippen LogP contribution in [-0.4, -0.2) is 71.4 Å². The van der Waals surface area contributed by atoms with E-state index in [1.165, 1.54) is 4.90 Å². The second-order valence-corrected chi connectivity index (χ2v) is 10.9. The van der Waals surface area contributed by atoms with Crippen molar-refractivity contribution in [3.8, 4) is 0 Å². The number of carbonyl (C=O) groups is 5. The third-order valence-electron chi connectivity index (χ3n) is 5.31. The van der Waals surface area contributed by atoms with Crippen LogP contribution in [-0.2, 0) is 23.9 Å². The fraction of sp³-hybridized carbons (Fsp3) is 0.792. The molecule has 0 spiro atoms. The Kier molecular flexibility index (Phi) is 11.5. The van der Waals surface area contributed by atoms with E-state index >= 15 is 0 Å². The Morgan fingerprint density at radius 3 is 2.06 bits per heavy atom. The van der Waals surface area contributed by atoms with Gasteiger partial charge in [-0.25, -0.2) is 4.79 Å². The molecule has 0 unspecified atom stereocenters. The Labute approximate surface area is 208 Å². The van der Waals surface area contributed by atoms with E-state index in [2.05, 4.69) is 16.0 Å². The van der Waals surface area contributed by atoms with Gasteiger partial charge >= 0.3 is 6.09 Å². The summed E-state index contributed by atoms with van der Waals surface area (Å²) in [6, 6.07) is -2.48. The van der Waals surface area contributed by atoms with Crippen molar-refractivity contribution in [2.75, 3.05) is 13.1 Å². The van der Waals surface area contributed by atoms with E-state index in [1.807, 2.05) is 27.7 Å². The van der Waals surface area contributed by atoms with Gasteiger partial charge in [-0.2, -0.15) is 0 Å². The van der Waals surface area contributed by atoms with Crippen LogP contribution in [0.4, 0.5) is 4.79 Å². The summed E-state index contributed by atoms with van der Waals surface area (Å²) in [5, 5.41) is 7.83. The van der Waals surface area contributed by atoms with Crippen molar-refractivity contribution in [3.05, 3.63) is 0 Å². The summed E-state index contributed by atoms with van der Waals surface area (Å²) >= 11 is 0. The summed E-state index contributed by atoms with van der Waals surface area (Å²) in [5.41, 5.74) is 4.39. The van der Waals surface area contributed by atoms with E-state index in [0.717, 1.165) is 0 Å². The van der Waals surface area contributed by atoms with E-state index in [-0.39, 0.29) is 24.3 Å². The summed E-state index contributed by atoms with van der Waals surface area (Å²) in [5.74, 6) is -1.80. The molecule has 1 saturated heterocycles. The smallest absolute Gasteiger partial charge is 0.408 e. The van der Waals surface area contributed by atoms with Gasteiger partial charge in [0.15, 0.2) is 0 Å². The average Bonchev–Trinajstić information content (AvgIpc) is 3.18. The minimum absolute atomic E-state index is 0.0920. The molecule has 11 heteroatoms. The Hall–Kier alpha value is -2.85. The lowest BCUT2D eigenvalue weighted by Crippen LogP contribution is -2.57. The summed E-state index contributed by atoms with van der Waals surface area (Å²) < 4.78 is 5.32. The summed E-state index contributed by atoms with van der Waals surface area (Å²) in [7, 11) is 0. The van der Waals surface area contributed by atoms with Crippen molar-refractivity contribution in [3.63, 3.8) is 0 Å². The largest absolute Gasteiger partial charge is 0.444 e. The fourth-order valence-electron chi connectivity index (χ4n) is 3.91. The van der Waals surface area contributed by atoms with Gasteiger partial charge in [0, 0.05) is 6.54 Å². The van der Waals surface area contributed by atoms with E-state index in [0.29, 0.717) is 32.2 Å². The van der Waals surface area contributed by atoms with E-state index in [1.54, 1.807) is 20.8 Å². The molecule has 0 saturated carbocycles. The molecular formula is C24H43N5O6. The maximum atomic E-state index is 13.4. The number of likely N-dealkylation sites (tertiary alicyclic amines) is 1. The second-order valence-electron chi connectivity index (χ2n) is 10.9. The van der Waals surface area contributed by atoms with Crippen LogP contribution in [0.15, 0.2) is 0 Å². The lowest BCUT2D eigenvalue weighted by molar-refractivity contribution is -0.141. The number of alkyl carbamates (subject to hydrolysis) is 1. The third-order valence-corrected chi connectivity index (χ3v) is 5.31. The van der Waals surface area contributed by atoms with Crippen molar-refractivity contribution in [1.29, 1.82) is 0 Å². The van der Waals surface area contributed by atoms with Gasteiger partial charge in [0.1, 0.15) is 23.7 Å². The minimum Gasteiger partial charge on any atom is -0.444 e. The highest BCUT2D eigenvalue weighted by molar-refractivity contribution is 5.95. The Morgan fingerprint density at radius 1 is 0.971 bits per heavy atom. The molecule has 0 aromatic rings. The molecule has 1 heterocycles. The molecule has 1 aliphatic rings. The lowest BCUT2D eigenvalue weighted by atomic mass is 10.0. The van der Waals surface area contributed by atoms with Crippen molar-refractivity contribution < 1.29 is 28.7 Å². The van der Waals surface area contributed by atoms with E-state index in [9.17, 15) is 24.0 Å². The number of carbonyl (C=O) groups excluding carboxylic acids is 5. The van der Waals surface area contributed by atoms with Crippen LogP contribution in [0, 0.1) is 11.8 Å². The molecule has 0 bridgehead atoms. The standard InChI is InChI=1S/C24H43N5O6/c1-14(2)11-16(20(31)26-13-19(25)30)27-21(32)18-9-8-10-29(18)22(33)17(12-15(3)4)28-23(34)35-24(5,6)7/h14-18H,8-13H2,1-7H3,(H2,25,30)(H,26,31)(H,27,32)(H,28,34)/t16-,17-,18-/m0/s1. The highest BCUT2D eigenvalue weighted by Gasteiger charge is 2.39. The Morgan fingerprint density at radius 2 is 1.54 bits per heavy atom. The molecule has 35 heavy (non-hydrogen) atoms. The average molecular weight is 498 g/mol. The number of nitrogens with two attached hydrogens (primary N) is 1. The first kappa shape index (κ1) is 30.2. The Bertz CT molecular complexity index is 777. The number of amides is 5. The van der Waals surface area contributed by atoms with Gasteiger partial charge in [-0.05, 0) is 58.3 Å². The van der Waals surface area contributed by atoms with Gasteiger partial charge in [-0.3, -0.25) is 19.2 Å². The zero-order valence-electron chi connectivity index (χ0n) is 22.1. The first-order chi connectivity index (χ1) is 16.1. The normalized spacial score (nSPS) is 17.6. The van der Waals surface area contributed by atoms with Gasteiger partial charge in [0.25, 0.3) is 0 Å². The van der Waals surface area contributed by atoms with Gasteiger partial charge in [0.05, 0.1) is 6.54 Å². The first-order valence-electron chi connectivity index (χ1n) is 12.3. The van der Waals surface area contributed by atoms with Crippen LogP contribution in [0.25, 0.3) is 0 Å². The van der Waals surface area contributed by atoms with Gasteiger partial charge < -0.3 is 31.3 Å². The molecular weight excluding hydrogens is 454 g/mol. The van der Waals surface area contributed by atoms with Gasteiger partial charge in [-0.1, -0.05) is 27.7 Å². The number of nitrogens with zero attached hydrogens (tertiary/aromatic N) is 1. The minimum atomic E-state index is -0.870. The molecule has 11 nitrogen and oxygen atoms in total. The van der Waals surface area contributed by atoms with E-state index in [4.69, 9.17) is 10.5 Å². The highest BCUT2D eigenvalue weighted by Crippen LogP contribution is 2.21. The van der Waals surface area contributed by atoms with Crippen LogP contribution >= 0.6 is 0 Å². The number of hydrogen-bond acceptors (Lipinski definition) is 6. The van der Waals surface area contributed by atoms with E-state index < -0.39 is 47.5 Å². The maximum Gasteiger partial charge on any atom is 0.408 e. The molecule has 5 N–H and O–H groups in total. The molecule has 0 aromatic carbocycles. The van der Waals surface area contributed by atoms with Crippen LogP contribution in [0.3, 0.4) is 0 Å². The third kappa shape index (κ3) is 11.0. The van der Waals surface area contributed by atoms with Gasteiger partial charge in [0.2, 0.25) is 23.6 Å². The SMILES string of the molecule is CC(C)C[C@H](NC(=O)[C@@H]1CCCN1C(=O)[C@H](CC(C)C)NC(=O)OC(C)(C)C)C(=O)NCC(N)=O. The number of nitrogens with one attached hydrogen (secondary N) is 3. The van der Waals surface area contributed by atoms with Gasteiger partial charge in [-0.15, -0.1) is 0 Å². The number of primary amides is 1. The molecule has 0 aliphatic carbocycles. The molecule has 5 amide bonds. The fourth-order valence-corrected chi connectivity index (χ4v) is 3.91. The maximum absolute atomic E-state index is 13.4. The first-order valence-corrected chi connectivity index (χ1v) is 12.3. The van der Waals surface area contributed by atoms with Crippen molar-refractivity contribution in [1.82, 2.24) is 20.9 Å². The summed E-state index contributed by atoms with van der Waals surface area (Å²) in [4.78, 5) is 64.0. The van der Waals surface area contributed by atoms with Crippen LogP contribution in [0.1, 0.15) is 74.1 Å². The predicted molar refractivity (Wildman–Crippen MR) is 131 cm³/mol. The summed E-state index contributed by atoms with van der Waals surface area (Å²) in [6.07, 6.45) is 1.10. The molecule has 3 atom stereocenters. The predicted octanol–water partition coefficient (Wildman–Crippen LogP) is 1.05. The number of rotatable bonds is 11. The topological polar surface area (TPSA) is 160 Å². The van der Waals surface area contributed by atoms with Crippen LogP contribution in [0.2, 0.25) is 0 Å². The second kappa shape index (κ2) is 13.3. The van der Waals surface area contributed by atoms with Crippen LogP contribution < -0.4 is 21.7 Å². The number of hydrogen-bond donors (Lipinski definition) is 4. The number of ether oxygens (including phenoxy) is 1. The zero-order chi connectivity index (χ0) is 26.9. The quantitative estimate of drug-likeness (QED) is 0.334. The van der Waals surface area contributed by atoms with Crippen molar-refractivity contribution >= 4 is 29.7 Å². The highest BCUT2D eigenvalue weighted by atomic mass is 16.6.